The number of nitrogens with zero attached hydrogens (tertiary/aromatic N) is 2. The SMILES string of the molecule is CCc1nc([C@H]2CCCNC2)no1. The van der Waals surface area contributed by atoms with Crippen LogP contribution in [0.2, 0.25) is 0 Å². The van der Waals surface area contributed by atoms with Gasteiger partial charge in [-0.3, -0.25) is 0 Å². The number of aromatic nitrogens is 2. The van der Waals surface area contributed by atoms with E-state index in [0.29, 0.717) is 5.92 Å². The normalized spacial score (nSPS) is 23.3. The fraction of sp³-hybridized carbons (Fsp3) is 0.778. The third-order valence-electron chi connectivity index (χ3n) is 2.45. The Morgan fingerprint density at radius 3 is 3.15 bits per heavy atom. The van der Waals surface area contributed by atoms with Crippen LogP contribution >= 0.6 is 0 Å². The average molecular weight is 181 g/mol. The molecule has 0 bridgehead atoms. The minimum atomic E-state index is 0.456. The fourth-order valence-electron chi connectivity index (χ4n) is 1.65. The van der Waals surface area contributed by atoms with E-state index in [1.54, 1.807) is 0 Å². The highest BCUT2D eigenvalue weighted by molar-refractivity contribution is 4.97. The number of piperidine rings is 1. The van der Waals surface area contributed by atoms with Gasteiger partial charge in [-0.1, -0.05) is 12.1 Å². The smallest absolute Gasteiger partial charge is 0.226 e. The van der Waals surface area contributed by atoms with E-state index in [9.17, 15) is 0 Å². The molecule has 1 fully saturated rings. The van der Waals surface area contributed by atoms with Crippen LogP contribution in [0.15, 0.2) is 4.52 Å². The lowest BCUT2D eigenvalue weighted by Crippen LogP contribution is -2.28. The van der Waals surface area contributed by atoms with Gasteiger partial charge in [0.1, 0.15) is 0 Å². The lowest BCUT2D eigenvalue weighted by atomic mass is 9.99. The van der Waals surface area contributed by atoms with Crippen molar-refractivity contribution in [2.45, 2.75) is 32.1 Å². The zero-order valence-corrected chi connectivity index (χ0v) is 7.92. The maximum Gasteiger partial charge on any atom is 0.226 e. The molecule has 0 spiro atoms. The van der Waals surface area contributed by atoms with Gasteiger partial charge in [0.2, 0.25) is 5.89 Å². The first-order chi connectivity index (χ1) is 6.40. The molecule has 0 radical (unpaired) electrons. The van der Waals surface area contributed by atoms with Gasteiger partial charge in [0, 0.05) is 18.9 Å². The minimum absolute atomic E-state index is 0.456. The summed E-state index contributed by atoms with van der Waals surface area (Å²) < 4.78 is 5.08. The lowest BCUT2D eigenvalue weighted by molar-refractivity contribution is 0.364. The second kappa shape index (κ2) is 3.87. The van der Waals surface area contributed by atoms with Crippen LogP contribution in [-0.4, -0.2) is 23.2 Å². The summed E-state index contributed by atoms with van der Waals surface area (Å²) in [6.45, 7) is 4.13. The van der Waals surface area contributed by atoms with Crippen molar-refractivity contribution in [1.82, 2.24) is 15.5 Å². The van der Waals surface area contributed by atoms with Gasteiger partial charge in [0.05, 0.1) is 0 Å². The Hall–Kier alpha value is -0.900. The van der Waals surface area contributed by atoms with E-state index in [1.165, 1.54) is 12.8 Å². The highest BCUT2D eigenvalue weighted by Crippen LogP contribution is 2.20. The molecular formula is C9H15N3O. The number of nitrogens with one attached hydrogen (secondary N) is 1. The predicted molar refractivity (Wildman–Crippen MR) is 48.5 cm³/mol. The van der Waals surface area contributed by atoms with Crippen molar-refractivity contribution in [1.29, 1.82) is 0 Å². The standard InChI is InChI=1S/C9H15N3O/c1-2-8-11-9(12-13-8)7-4-3-5-10-6-7/h7,10H,2-6H2,1H3/t7-/m0/s1. The molecule has 1 saturated heterocycles. The van der Waals surface area contributed by atoms with E-state index in [-0.39, 0.29) is 0 Å². The molecule has 0 amide bonds. The summed E-state index contributed by atoms with van der Waals surface area (Å²) in [6, 6.07) is 0. The topological polar surface area (TPSA) is 51.0 Å². The van der Waals surface area contributed by atoms with Gasteiger partial charge in [-0.2, -0.15) is 4.98 Å². The minimum Gasteiger partial charge on any atom is -0.339 e. The first kappa shape index (κ1) is 8.69. The van der Waals surface area contributed by atoms with Gasteiger partial charge in [-0.15, -0.1) is 0 Å². The Bertz CT molecular complexity index is 266. The molecule has 1 aliphatic rings. The van der Waals surface area contributed by atoms with E-state index in [4.69, 9.17) is 4.52 Å². The predicted octanol–water partition coefficient (Wildman–Crippen LogP) is 1.10. The molecule has 1 atom stereocenters. The first-order valence-corrected chi connectivity index (χ1v) is 4.93. The van der Waals surface area contributed by atoms with Gasteiger partial charge >= 0.3 is 0 Å². The van der Waals surface area contributed by atoms with Gasteiger partial charge in [0.25, 0.3) is 0 Å². The Morgan fingerprint density at radius 1 is 1.62 bits per heavy atom. The molecule has 72 valence electrons. The molecule has 0 aromatic carbocycles. The molecule has 4 nitrogen and oxygen atoms in total. The Kier molecular flexibility index (Phi) is 2.59. The molecular weight excluding hydrogens is 166 g/mol. The van der Waals surface area contributed by atoms with Crippen molar-refractivity contribution in [2.75, 3.05) is 13.1 Å². The maximum absolute atomic E-state index is 5.08. The van der Waals surface area contributed by atoms with Gasteiger partial charge < -0.3 is 9.84 Å². The van der Waals surface area contributed by atoms with Crippen molar-refractivity contribution >= 4 is 0 Å². The molecule has 1 aromatic heterocycles. The summed E-state index contributed by atoms with van der Waals surface area (Å²) in [5, 5.41) is 7.32. The second-order valence-electron chi connectivity index (χ2n) is 3.44. The molecule has 0 saturated carbocycles. The van der Waals surface area contributed by atoms with Crippen LogP contribution < -0.4 is 5.32 Å². The van der Waals surface area contributed by atoms with Crippen molar-refractivity contribution in [3.05, 3.63) is 11.7 Å². The second-order valence-corrected chi connectivity index (χ2v) is 3.44. The van der Waals surface area contributed by atoms with E-state index < -0.39 is 0 Å². The fourth-order valence-corrected chi connectivity index (χ4v) is 1.65. The van der Waals surface area contributed by atoms with Crippen LogP contribution in [0, 0.1) is 0 Å². The molecule has 1 aliphatic heterocycles. The van der Waals surface area contributed by atoms with Gasteiger partial charge in [-0.25, -0.2) is 0 Å². The molecule has 13 heavy (non-hydrogen) atoms. The van der Waals surface area contributed by atoms with E-state index in [1.807, 2.05) is 6.92 Å². The monoisotopic (exact) mass is 181 g/mol. The van der Waals surface area contributed by atoms with Crippen LogP contribution in [0.4, 0.5) is 0 Å². The van der Waals surface area contributed by atoms with Crippen molar-refractivity contribution in [2.24, 2.45) is 0 Å². The molecule has 2 heterocycles. The average Bonchev–Trinajstić information content (AvgIpc) is 2.67. The Balaban J connectivity index is 2.05. The Labute approximate surface area is 77.7 Å². The molecule has 2 rings (SSSR count). The molecule has 4 heteroatoms. The molecule has 1 aromatic rings. The van der Waals surface area contributed by atoms with E-state index in [0.717, 1.165) is 31.2 Å². The summed E-state index contributed by atoms with van der Waals surface area (Å²) in [5.74, 6) is 2.09. The van der Waals surface area contributed by atoms with Crippen LogP contribution in [-0.2, 0) is 6.42 Å². The number of hydrogen-bond acceptors (Lipinski definition) is 4. The van der Waals surface area contributed by atoms with E-state index in [2.05, 4.69) is 15.5 Å². The van der Waals surface area contributed by atoms with Gasteiger partial charge in [0.15, 0.2) is 5.82 Å². The Morgan fingerprint density at radius 2 is 2.54 bits per heavy atom. The molecule has 1 N–H and O–H groups in total. The summed E-state index contributed by atoms with van der Waals surface area (Å²) in [7, 11) is 0. The van der Waals surface area contributed by atoms with Crippen molar-refractivity contribution in [3.63, 3.8) is 0 Å². The van der Waals surface area contributed by atoms with Crippen LogP contribution in [0.3, 0.4) is 0 Å². The quantitative estimate of drug-likeness (QED) is 0.742. The number of hydrogen-bond donors (Lipinski definition) is 1. The zero-order valence-electron chi connectivity index (χ0n) is 7.92. The third-order valence-corrected chi connectivity index (χ3v) is 2.45. The summed E-state index contributed by atoms with van der Waals surface area (Å²) >= 11 is 0. The van der Waals surface area contributed by atoms with Crippen LogP contribution in [0.5, 0.6) is 0 Å². The van der Waals surface area contributed by atoms with Crippen LogP contribution in [0.25, 0.3) is 0 Å². The highest BCUT2D eigenvalue weighted by Gasteiger charge is 2.19. The van der Waals surface area contributed by atoms with Crippen molar-refractivity contribution < 1.29 is 4.52 Å². The number of rotatable bonds is 2. The van der Waals surface area contributed by atoms with Crippen molar-refractivity contribution in [3.8, 4) is 0 Å². The highest BCUT2D eigenvalue weighted by atomic mass is 16.5. The molecule has 0 unspecified atom stereocenters. The largest absolute Gasteiger partial charge is 0.339 e. The van der Waals surface area contributed by atoms with Crippen LogP contribution in [0.1, 0.15) is 37.4 Å². The first-order valence-electron chi connectivity index (χ1n) is 4.93. The maximum atomic E-state index is 5.08. The van der Waals surface area contributed by atoms with E-state index >= 15 is 0 Å². The zero-order chi connectivity index (χ0) is 9.10. The summed E-state index contributed by atoms with van der Waals surface area (Å²) in [6.07, 6.45) is 3.21. The number of aryl methyl sites for hydroxylation is 1. The summed E-state index contributed by atoms with van der Waals surface area (Å²) in [4.78, 5) is 4.33. The summed E-state index contributed by atoms with van der Waals surface area (Å²) in [5.41, 5.74) is 0. The lowest BCUT2D eigenvalue weighted by Gasteiger charge is -2.19. The third kappa shape index (κ3) is 1.88. The molecule has 0 aliphatic carbocycles. The van der Waals surface area contributed by atoms with Gasteiger partial charge in [-0.05, 0) is 19.4 Å².